The van der Waals surface area contributed by atoms with Crippen LogP contribution >= 0.6 is 15.9 Å². The van der Waals surface area contributed by atoms with Crippen molar-refractivity contribution in [1.29, 1.82) is 0 Å². The molecule has 1 atom stereocenters. The summed E-state index contributed by atoms with van der Waals surface area (Å²) in [6.45, 7) is 4.92. The molecule has 0 aromatic heterocycles. The third-order valence-corrected chi connectivity index (χ3v) is 4.92. The lowest BCUT2D eigenvalue weighted by molar-refractivity contribution is -0.0177. The maximum absolute atomic E-state index is 9.01. The molecule has 1 aromatic rings. The van der Waals surface area contributed by atoms with Gasteiger partial charge < -0.3 is 14.6 Å². The Morgan fingerprint density at radius 2 is 1.90 bits per heavy atom. The Morgan fingerprint density at radius 3 is 2.57 bits per heavy atom. The molecule has 0 heterocycles. The molecule has 1 aliphatic carbocycles. The quantitative estimate of drug-likeness (QED) is 0.833. The van der Waals surface area contributed by atoms with Gasteiger partial charge in [-0.05, 0) is 44.7 Å². The van der Waals surface area contributed by atoms with E-state index in [1.54, 1.807) is 0 Å². The Morgan fingerprint density at radius 1 is 1.24 bits per heavy atom. The van der Waals surface area contributed by atoms with Gasteiger partial charge >= 0.3 is 0 Å². The molecule has 21 heavy (non-hydrogen) atoms. The zero-order valence-corrected chi connectivity index (χ0v) is 14.4. The largest absolute Gasteiger partial charge is 0.490 e. The summed E-state index contributed by atoms with van der Waals surface area (Å²) >= 11 is 3.54. The van der Waals surface area contributed by atoms with Crippen LogP contribution in [0.2, 0.25) is 0 Å². The summed E-state index contributed by atoms with van der Waals surface area (Å²) < 4.78 is 13.1. The number of hydrogen-bond acceptors (Lipinski definition) is 3. The zero-order valence-electron chi connectivity index (χ0n) is 12.8. The predicted molar refractivity (Wildman–Crippen MR) is 87.8 cm³/mol. The van der Waals surface area contributed by atoms with E-state index in [0.29, 0.717) is 12.7 Å². The van der Waals surface area contributed by atoms with Crippen LogP contribution in [0.4, 0.5) is 0 Å². The van der Waals surface area contributed by atoms with Crippen molar-refractivity contribution in [2.24, 2.45) is 5.92 Å². The van der Waals surface area contributed by atoms with Gasteiger partial charge in [0.2, 0.25) is 0 Å². The highest BCUT2D eigenvalue weighted by atomic mass is 79.9. The van der Waals surface area contributed by atoms with Crippen LogP contribution < -0.4 is 4.74 Å². The summed E-state index contributed by atoms with van der Waals surface area (Å²) in [6.07, 6.45) is 4.75. The van der Waals surface area contributed by atoms with E-state index in [1.165, 1.54) is 0 Å². The molecule has 0 amide bonds. The Bertz CT molecular complexity index is 442. The van der Waals surface area contributed by atoms with Gasteiger partial charge in [-0.1, -0.05) is 28.9 Å². The lowest BCUT2D eigenvalue weighted by atomic mass is 9.94. The van der Waals surface area contributed by atoms with Crippen molar-refractivity contribution in [2.75, 3.05) is 13.2 Å². The molecule has 118 valence electrons. The van der Waals surface area contributed by atoms with Gasteiger partial charge in [-0.3, -0.25) is 0 Å². The van der Waals surface area contributed by atoms with Crippen molar-refractivity contribution in [2.45, 2.75) is 51.7 Å². The minimum absolute atomic E-state index is 0.195. The number of benzene rings is 1. The van der Waals surface area contributed by atoms with E-state index >= 15 is 0 Å². The fraction of sp³-hybridized carbons (Fsp3) is 0.647. The molecule has 2 rings (SSSR count). The number of hydrogen-bond donors (Lipinski definition) is 1. The normalized spacial score (nSPS) is 23.8. The Balaban J connectivity index is 1.78. The van der Waals surface area contributed by atoms with E-state index in [2.05, 4.69) is 22.9 Å². The van der Waals surface area contributed by atoms with Crippen molar-refractivity contribution < 1.29 is 14.6 Å². The Hall–Kier alpha value is -0.580. The summed E-state index contributed by atoms with van der Waals surface area (Å²) in [5, 5.41) is 9.01. The van der Waals surface area contributed by atoms with Crippen LogP contribution in [-0.4, -0.2) is 30.5 Å². The summed E-state index contributed by atoms with van der Waals surface area (Å²) in [5.74, 6) is 1.20. The summed E-state index contributed by atoms with van der Waals surface area (Å²) in [6, 6.07) is 6.08. The van der Waals surface area contributed by atoms with Crippen LogP contribution in [0, 0.1) is 12.8 Å². The van der Waals surface area contributed by atoms with Gasteiger partial charge in [-0.25, -0.2) is 0 Å². The SMILES string of the molecule is Cc1c(Br)cccc1OC1CCC(OC[C@H](C)CO)CC1. The van der Waals surface area contributed by atoms with Gasteiger partial charge in [-0.2, -0.15) is 0 Å². The lowest BCUT2D eigenvalue weighted by Crippen LogP contribution is -2.29. The number of aliphatic hydroxyl groups is 1. The fourth-order valence-electron chi connectivity index (χ4n) is 2.56. The van der Waals surface area contributed by atoms with E-state index in [9.17, 15) is 0 Å². The summed E-state index contributed by atoms with van der Waals surface area (Å²) in [5.41, 5.74) is 1.16. The van der Waals surface area contributed by atoms with Crippen LogP contribution in [0.3, 0.4) is 0 Å². The van der Waals surface area contributed by atoms with Crippen molar-refractivity contribution >= 4 is 15.9 Å². The molecule has 1 saturated carbocycles. The Kier molecular flexibility index (Phi) is 6.52. The number of aliphatic hydroxyl groups excluding tert-OH is 1. The highest BCUT2D eigenvalue weighted by Gasteiger charge is 2.23. The molecule has 0 saturated heterocycles. The molecule has 0 spiro atoms. The first-order chi connectivity index (χ1) is 10.1. The molecule has 0 unspecified atom stereocenters. The summed E-state index contributed by atoms with van der Waals surface area (Å²) in [7, 11) is 0. The highest BCUT2D eigenvalue weighted by molar-refractivity contribution is 9.10. The zero-order chi connectivity index (χ0) is 15.2. The fourth-order valence-corrected chi connectivity index (χ4v) is 2.91. The van der Waals surface area contributed by atoms with Crippen LogP contribution in [0.1, 0.15) is 38.2 Å². The second-order valence-corrected chi connectivity index (χ2v) is 6.85. The first-order valence-corrected chi connectivity index (χ1v) is 8.53. The minimum Gasteiger partial charge on any atom is -0.490 e. The van der Waals surface area contributed by atoms with Gasteiger partial charge in [0.1, 0.15) is 5.75 Å². The van der Waals surface area contributed by atoms with Crippen LogP contribution in [0.5, 0.6) is 5.75 Å². The number of rotatable bonds is 6. The first kappa shape index (κ1) is 16.8. The average molecular weight is 357 g/mol. The van der Waals surface area contributed by atoms with Gasteiger partial charge in [0.25, 0.3) is 0 Å². The summed E-state index contributed by atoms with van der Waals surface area (Å²) in [4.78, 5) is 0. The molecule has 1 N–H and O–H groups in total. The van der Waals surface area contributed by atoms with E-state index < -0.39 is 0 Å². The molecule has 0 bridgehead atoms. The molecule has 0 radical (unpaired) electrons. The highest BCUT2D eigenvalue weighted by Crippen LogP contribution is 2.30. The second-order valence-electron chi connectivity index (χ2n) is 6.00. The van der Waals surface area contributed by atoms with E-state index in [1.807, 2.05) is 25.1 Å². The van der Waals surface area contributed by atoms with Crippen LogP contribution in [0.25, 0.3) is 0 Å². The van der Waals surface area contributed by atoms with Gasteiger partial charge in [0, 0.05) is 22.6 Å². The van der Waals surface area contributed by atoms with E-state index in [4.69, 9.17) is 14.6 Å². The topological polar surface area (TPSA) is 38.7 Å². The maximum atomic E-state index is 9.01. The van der Waals surface area contributed by atoms with Crippen molar-refractivity contribution in [3.63, 3.8) is 0 Å². The molecule has 1 fully saturated rings. The maximum Gasteiger partial charge on any atom is 0.123 e. The van der Waals surface area contributed by atoms with Gasteiger partial charge in [-0.15, -0.1) is 0 Å². The minimum atomic E-state index is 0.195. The van der Waals surface area contributed by atoms with Crippen molar-refractivity contribution in [3.05, 3.63) is 28.2 Å². The molecule has 4 heteroatoms. The molecule has 1 aromatic carbocycles. The lowest BCUT2D eigenvalue weighted by Gasteiger charge is -2.30. The molecule has 0 aliphatic heterocycles. The number of halogens is 1. The molecule has 3 nitrogen and oxygen atoms in total. The predicted octanol–water partition coefficient (Wildman–Crippen LogP) is 4.09. The number of ether oxygens (including phenoxy) is 2. The van der Waals surface area contributed by atoms with E-state index in [0.717, 1.165) is 41.5 Å². The first-order valence-electron chi connectivity index (χ1n) is 7.74. The third kappa shape index (κ3) is 4.97. The second kappa shape index (κ2) is 8.16. The molecular weight excluding hydrogens is 332 g/mol. The van der Waals surface area contributed by atoms with Crippen LogP contribution in [-0.2, 0) is 4.74 Å². The molecular formula is C17H25BrO3. The van der Waals surface area contributed by atoms with Crippen LogP contribution in [0.15, 0.2) is 22.7 Å². The van der Waals surface area contributed by atoms with Gasteiger partial charge in [0.15, 0.2) is 0 Å². The smallest absolute Gasteiger partial charge is 0.123 e. The van der Waals surface area contributed by atoms with Crippen molar-refractivity contribution in [3.8, 4) is 5.75 Å². The van der Waals surface area contributed by atoms with Gasteiger partial charge in [0.05, 0.1) is 18.8 Å². The third-order valence-electron chi connectivity index (χ3n) is 4.06. The monoisotopic (exact) mass is 356 g/mol. The van der Waals surface area contributed by atoms with Crippen molar-refractivity contribution in [1.82, 2.24) is 0 Å². The average Bonchev–Trinajstić information content (AvgIpc) is 2.51. The Labute approximate surface area is 135 Å². The molecule has 1 aliphatic rings. The standard InChI is InChI=1S/C17H25BrO3/c1-12(10-19)11-20-14-6-8-15(9-7-14)21-17-5-3-4-16(18)13(17)2/h3-5,12,14-15,19H,6-11H2,1-2H3/t12-,14?,15?/m1/s1. The van der Waals surface area contributed by atoms with E-state index in [-0.39, 0.29) is 18.6 Å².